The van der Waals surface area contributed by atoms with E-state index in [2.05, 4.69) is 0 Å². The van der Waals surface area contributed by atoms with E-state index in [1.54, 1.807) is 0 Å². The molecule has 6 heteroatoms. The lowest BCUT2D eigenvalue weighted by Gasteiger charge is -2.32. The van der Waals surface area contributed by atoms with Gasteiger partial charge in [0, 0.05) is 19.1 Å². The molecule has 1 fully saturated rings. The molecule has 15 heavy (non-hydrogen) atoms. The maximum Gasteiger partial charge on any atom is 0.404 e. The Kier molecular flexibility index (Phi) is 3.60. The Morgan fingerprint density at radius 2 is 1.80 bits per heavy atom. The first-order valence-corrected chi connectivity index (χ1v) is 4.94. The van der Waals surface area contributed by atoms with Crippen LogP contribution in [-0.4, -0.2) is 42.4 Å². The number of nitrogens with two attached hydrogens (primary N) is 1. The summed E-state index contributed by atoms with van der Waals surface area (Å²) in [7, 11) is 0. The Morgan fingerprint density at radius 3 is 2.07 bits per heavy atom. The largest absolute Gasteiger partial charge is 0.404 e. The molecule has 1 aliphatic rings. The Balaban J connectivity index is 2.75. The summed E-state index contributed by atoms with van der Waals surface area (Å²) in [5.41, 5.74) is 5.37. The van der Waals surface area contributed by atoms with Crippen LogP contribution >= 0.6 is 0 Å². The fraction of sp³-hybridized carbons (Fsp3) is 1.00. The highest BCUT2D eigenvalue weighted by Crippen LogP contribution is 2.32. The van der Waals surface area contributed by atoms with Gasteiger partial charge in [-0.3, -0.25) is 4.90 Å². The van der Waals surface area contributed by atoms with Crippen LogP contribution in [-0.2, 0) is 0 Å². The van der Waals surface area contributed by atoms with Crippen molar-refractivity contribution in [2.45, 2.75) is 38.3 Å². The van der Waals surface area contributed by atoms with Gasteiger partial charge in [0.25, 0.3) is 0 Å². The summed E-state index contributed by atoms with van der Waals surface area (Å²) in [6.45, 7) is 2.72. The van der Waals surface area contributed by atoms with Crippen LogP contribution in [0, 0.1) is 5.92 Å². The van der Waals surface area contributed by atoms with Crippen LogP contribution in [0.4, 0.5) is 17.6 Å². The lowest BCUT2D eigenvalue weighted by atomic mass is 10.0. The molecule has 1 heterocycles. The molecule has 1 rings (SSSR count). The van der Waals surface area contributed by atoms with Gasteiger partial charge in [0.1, 0.15) is 12.2 Å². The normalized spacial score (nSPS) is 31.2. The second-order valence-electron chi connectivity index (χ2n) is 4.36. The minimum Gasteiger partial charge on any atom is -0.324 e. The van der Waals surface area contributed by atoms with Gasteiger partial charge in [-0.05, 0) is 5.92 Å². The van der Waals surface area contributed by atoms with Crippen LogP contribution in [0.1, 0.15) is 13.8 Å². The van der Waals surface area contributed by atoms with Crippen molar-refractivity contribution in [1.29, 1.82) is 0 Å². The second kappa shape index (κ2) is 4.25. The quantitative estimate of drug-likeness (QED) is 0.727. The zero-order valence-corrected chi connectivity index (χ0v) is 8.76. The Bertz CT molecular complexity index is 207. The minimum atomic E-state index is -4.32. The van der Waals surface area contributed by atoms with E-state index in [1.165, 1.54) is 13.8 Å². The smallest absolute Gasteiger partial charge is 0.324 e. The number of alkyl halides is 4. The van der Waals surface area contributed by atoms with Crippen molar-refractivity contribution in [3.8, 4) is 0 Å². The molecule has 0 aromatic heterocycles. The van der Waals surface area contributed by atoms with Crippen molar-refractivity contribution in [1.82, 2.24) is 4.90 Å². The minimum absolute atomic E-state index is 0.0243. The second-order valence-corrected chi connectivity index (χ2v) is 4.36. The fourth-order valence-electron chi connectivity index (χ4n) is 2.05. The summed E-state index contributed by atoms with van der Waals surface area (Å²) in [6, 6.07) is -2.39. The molecule has 3 unspecified atom stereocenters. The molecule has 3 atom stereocenters. The van der Waals surface area contributed by atoms with E-state index >= 15 is 0 Å². The molecule has 0 aromatic carbocycles. The van der Waals surface area contributed by atoms with Gasteiger partial charge in [-0.15, -0.1) is 0 Å². The predicted molar refractivity (Wildman–Crippen MR) is 49.1 cm³/mol. The number of likely N-dealkylation sites (tertiary alicyclic amines) is 1. The van der Waals surface area contributed by atoms with Gasteiger partial charge < -0.3 is 5.73 Å². The van der Waals surface area contributed by atoms with Crippen LogP contribution in [0.25, 0.3) is 0 Å². The molecule has 2 nitrogen and oxygen atoms in total. The number of hydrogen-bond donors (Lipinski definition) is 1. The van der Waals surface area contributed by atoms with E-state index < -0.39 is 30.3 Å². The van der Waals surface area contributed by atoms with E-state index in [1.807, 2.05) is 0 Å². The highest BCUT2D eigenvalue weighted by atomic mass is 19.4. The van der Waals surface area contributed by atoms with E-state index in [9.17, 15) is 17.6 Å². The van der Waals surface area contributed by atoms with Gasteiger partial charge in [0.2, 0.25) is 0 Å². The van der Waals surface area contributed by atoms with Gasteiger partial charge in [-0.25, -0.2) is 4.39 Å². The van der Waals surface area contributed by atoms with Gasteiger partial charge in [0.05, 0.1) is 0 Å². The van der Waals surface area contributed by atoms with Crippen molar-refractivity contribution < 1.29 is 17.6 Å². The zero-order valence-electron chi connectivity index (χ0n) is 8.76. The summed E-state index contributed by atoms with van der Waals surface area (Å²) >= 11 is 0. The van der Waals surface area contributed by atoms with Gasteiger partial charge >= 0.3 is 6.18 Å². The number of nitrogens with zero attached hydrogens (tertiary/aromatic N) is 1. The van der Waals surface area contributed by atoms with Crippen molar-refractivity contribution >= 4 is 0 Å². The number of rotatable bonds is 2. The maximum atomic E-state index is 13.0. The lowest BCUT2D eigenvalue weighted by Crippen LogP contribution is -2.48. The van der Waals surface area contributed by atoms with Crippen LogP contribution in [0.2, 0.25) is 0 Å². The van der Waals surface area contributed by atoms with Crippen LogP contribution in [0.5, 0.6) is 0 Å². The fourth-order valence-corrected chi connectivity index (χ4v) is 2.05. The molecule has 1 aliphatic heterocycles. The average molecular weight is 228 g/mol. The first kappa shape index (κ1) is 12.7. The van der Waals surface area contributed by atoms with E-state index in [0.717, 1.165) is 4.90 Å². The standard InChI is InChI=1S/C9H16F4N2/c1-5(2)8(9(11,12)13)15-3-6(10)7(14)4-15/h5-8H,3-4,14H2,1-2H3. The Morgan fingerprint density at radius 1 is 1.27 bits per heavy atom. The SMILES string of the molecule is CC(C)C(N1CC(N)C(F)C1)C(F)(F)F. The summed E-state index contributed by atoms with van der Waals surface area (Å²) in [5, 5.41) is 0. The van der Waals surface area contributed by atoms with Crippen molar-refractivity contribution in [3.63, 3.8) is 0 Å². The zero-order chi connectivity index (χ0) is 11.8. The van der Waals surface area contributed by atoms with E-state index in [-0.39, 0.29) is 13.1 Å². The molecule has 0 radical (unpaired) electrons. The van der Waals surface area contributed by atoms with Gasteiger partial charge in [-0.2, -0.15) is 13.2 Å². The number of hydrogen-bond acceptors (Lipinski definition) is 2. The first-order chi connectivity index (χ1) is 6.73. The molecule has 0 amide bonds. The van der Waals surface area contributed by atoms with Gasteiger partial charge in [0.15, 0.2) is 0 Å². The third-order valence-corrected chi connectivity index (χ3v) is 2.68. The highest BCUT2D eigenvalue weighted by Gasteiger charge is 2.48. The topological polar surface area (TPSA) is 29.3 Å². The third-order valence-electron chi connectivity index (χ3n) is 2.68. The van der Waals surface area contributed by atoms with Crippen LogP contribution in [0.3, 0.4) is 0 Å². The summed E-state index contributed by atoms with van der Waals surface area (Å²) in [5.74, 6) is -0.595. The average Bonchev–Trinajstić information content (AvgIpc) is 2.27. The molecule has 0 saturated carbocycles. The summed E-state index contributed by atoms with van der Waals surface area (Å²) in [4.78, 5) is 1.10. The molecule has 2 N–H and O–H groups in total. The van der Waals surface area contributed by atoms with Crippen LogP contribution in [0.15, 0.2) is 0 Å². The third kappa shape index (κ3) is 2.81. The van der Waals surface area contributed by atoms with E-state index in [4.69, 9.17) is 5.73 Å². The number of halogens is 4. The van der Waals surface area contributed by atoms with Crippen LogP contribution < -0.4 is 5.73 Å². The molecule has 0 spiro atoms. The Hall–Kier alpha value is -0.360. The van der Waals surface area contributed by atoms with Gasteiger partial charge in [-0.1, -0.05) is 13.8 Å². The highest BCUT2D eigenvalue weighted by molar-refractivity contribution is 4.93. The maximum absolute atomic E-state index is 13.0. The van der Waals surface area contributed by atoms with E-state index in [0.29, 0.717) is 0 Å². The van der Waals surface area contributed by atoms with Crippen molar-refractivity contribution in [2.24, 2.45) is 11.7 Å². The molecule has 1 saturated heterocycles. The molecular weight excluding hydrogens is 212 g/mol. The predicted octanol–water partition coefficient (Wildman–Crippen LogP) is 1.55. The molecule has 0 bridgehead atoms. The monoisotopic (exact) mass is 228 g/mol. The Labute approximate surface area is 86.4 Å². The lowest BCUT2D eigenvalue weighted by molar-refractivity contribution is -0.192. The molecular formula is C9H16F4N2. The summed E-state index contributed by atoms with van der Waals surface area (Å²) < 4.78 is 51.1. The molecule has 90 valence electrons. The molecule has 0 aliphatic carbocycles. The summed E-state index contributed by atoms with van der Waals surface area (Å²) in [6.07, 6.45) is -5.67. The molecule has 0 aromatic rings. The van der Waals surface area contributed by atoms with Crippen molar-refractivity contribution in [2.75, 3.05) is 13.1 Å². The first-order valence-electron chi connectivity index (χ1n) is 4.94. The van der Waals surface area contributed by atoms with Crippen molar-refractivity contribution in [3.05, 3.63) is 0 Å².